The van der Waals surface area contributed by atoms with Crippen molar-refractivity contribution in [2.75, 3.05) is 20.3 Å². The summed E-state index contributed by atoms with van der Waals surface area (Å²) in [7, 11) is -1.17. The van der Waals surface area contributed by atoms with Crippen LogP contribution >= 0.6 is 0 Å². The van der Waals surface area contributed by atoms with Crippen LogP contribution in [0.4, 0.5) is 0 Å². The number of hydrogen-bond donors (Lipinski definition) is 0. The van der Waals surface area contributed by atoms with Crippen molar-refractivity contribution < 1.29 is 18.8 Å². The van der Waals surface area contributed by atoms with Gasteiger partial charge < -0.3 is 14.1 Å². The van der Waals surface area contributed by atoms with Crippen LogP contribution in [0.2, 0.25) is 5.04 Å². The standard InChI is InChI=1S/C35H47NO4Si/c1-33(2,3)41(28-13-9-7-10-14-28,29-15-11-8-12-16-29)40-23-27-22-36(31(37)34(27,4)5)30-25-17-24-18-26(30)21-35(19-24,20-25)32(38)39-6/h7-16,24-27,30H,17-23H2,1-6H3/t24?,25-,26-,27?,30?,35?/m1/s1. The van der Waals surface area contributed by atoms with Crippen LogP contribution in [0, 0.1) is 34.5 Å². The lowest BCUT2D eigenvalue weighted by Crippen LogP contribution is -2.67. The second-order valence-electron chi connectivity index (χ2n) is 15.1. The summed E-state index contributed by atoms with van der Waals surface area (Å²) in [6.45, 7) is 12.5. The summed E-state index contributed by atoms with van der Waals surface area (Å²) in [6, 6.07) is 21.8. The molecule has 2 aromatic carbocycles. The van der Waals surface area contributed by atoms with Gasteiger partial charge in [0.2, 0.25) is 5.91 Å². The van der Waals surface area contributed by atoms with Crippen molar-refractivity contribution in [3.8, 4) is 0 Å². The highest BCUT2D eigenvalue weighted by molar-refractivity contribution is 6.99. The lowest BCUT2D eigenvalue weighted by atomic mass is 9.47. The first kappa shape index (κ1) is 28.7. The molecule has 1 amide bonds. The largest absolute Gasteiger partial charge is 0.469 e. The van der Waals surface area contributed by atoms with Crippen molar-refractivity contribution in [3.05, 3.63) is 60.7 Å². The lowest BCUT2D eigenvalue weighted by Gasteiger charge is -2.60. The van der Waals surface area contributed by atoms with Crippen molar-refractivity contribution in [3.63, 3.8) is 0 Å². The number of carbonyl (C=O) groups is 2. The van der Waals surface area contributed by atoms with Crippen molar-refractivity contribution in [2.24, 2.45) is 34.5 Å². The van der Waals surface area contributed by atoms with Gasteiger partial charge in [0.25, 0.3) is 8.32 Å². The molecule has 1 aliphatic heterocycles. The van der Waals surface area contributed by atoms with Crippen LogP contribution in [0.3, 0.4) is 0 Å². The Labute approximate surface area is 247 Å². The van der Waals surface area contributed by atoms with E-state index >= 15 is 0 Å². The molecule has 3 atom stereocenters. The molecule has 0 N–H and O–H groups in total. The number of nitrogens with zero attached hydrogens (tertiary/aromatic N) is 1. The summed E-state index contributed by atoms with van der Waals surface area (Å²) in [5.41, 5.74) is -0.827. The number of likely N-dealkylation sites (tertiary alicyclic amines) is 1. The third-order valence-electron chi connectivity index (χ3n) is 11.4. The van der Waals surface area contributed by atoms with E-state index in [2.05, 4.69) is 100 Å². The van der Waals surface area contributed by atoms with Gasteiger partial charge in [0.1, 0.15) is 0 Å². The maximum absolute atomic E-state index is 14.2. The Bertz CT molecular complexity index is 1230. The van der Waals surface area contributed by atoms with Gasteiger partial charge in [-0.25, -0.2) is 0 Å². The van der Waals surface area contributed by atoms with Crippen LogP contribution in [0.1, 0.15) is 66.7 Å². The zero-order valence-corrected chi connectivity index (χ0v) is 26.7. The molecule has 1 heterocycles. The fourth-order valence-corrected chi connectivity index (χ4v) is 14.2. The summed E-state index contributed by atoms with van der Waals surface area (Å²) in [4.78, 5) is 29.3. The number of methoxy groups -OCH3 is 1. The van der Waals surface area contributed by atoms with E-state index in [0.717, 1.165) is 38.6 Å². The Morgan fingerprint density at radius 1 is 0.927 bits per heavy atom. The van der Waals surface area contributed by atoms with E-state index in [1.807, 2.05) is 0 Å². The van der Waals surface area contributed by atoms with E-state index in [1.54, 1.807) is 0 Å². The maximum Gasteiger partial charge on any atom is 0.311 e. The topological polar surface area (TPSA) is 55.8 Å². The first-order valence-electron chi connectivity index (χ1n) is 15.6. The average Bonchev–Trinajstić information content (AvgIpc) is 3.16. The molecule has 0 aromatic heterocycles. The van der Waals surface area contributed by atoms with Crippen LogP contribution in [0.15, 0.2) is 60.7 Å². The van der Waals surface area contributed by atoms with Crippen molar-refractivity contribution >= 4 is 30.6 Å². The third kappa shape index (κ3) is 4.43. The summed E-state index contributed by atoms with van der Waals surface area (Å²) >= 11 is 0. The fourth-order valence-electron chi connectivity index (χ4n) is 9.57. The first-order valence-corrected chi connectivity index (χ1v) is 17.5. The van der Waals surface area contributed by atoms with Crippen LogP contribution in [-0.2, 0) is 18.8 Å². The molecule has 2 aromatic rings. The first-order chi connectivity index (χ1) is 19.4. The average molecular weight is 574 g/mol. The van der Waals surface area contributed by atoms with Crippen LogP contribution in [0.5, 0.6) is 0 Å². The van der Waals surface area contributed by atoms with E-state index in [1.165, 1.54) is 17.5 Å². The zero-order valence-electron chi connectivity index (χ0n) is 25.7. The maximum atomic E-state index is 14.2. The molecular formula is C35H47NO4Si. The number of esters is 1. The molecule has 5 nitrogen and oxygen atoms in total. The summed E-state index contributed by atoms with van der Waals surface area (Å²) in [5.74, 6) is 1.69. The predicted molar refractivity (Wildman–Crippen MR) is 164 cm³/mol. The number of ether oxygens (including phenoxy) is 1. The molecule has 0 radical (unpaired) electrons. The molecule has 1 saturated heterocycles. The van der Waals surface area contributed by atoms with Crippen LogP contribution in [0.25, 0.3) is 0 Å². The number of hydrogen-bond acceptors (Lipinski definition) is 4. The van der Waals surface area contributed by atoms with Gasteiger partial charge in [-0.3, -0.25) is 9.59 Å². The monoisotopic (exact) mass is 573 g/mol. The normalized spacial score (nSPS) is 32.4. The second-order valence-corrected chi connectivity index (χ2v) is 19.4. The molecule has 6 heteroatoms. The van der Waals surface area contributed by atoms with Crippen molar-refractivity contribution in [1.82, 2.24) is 4.90 Å². The van der Waals surface area contributed by atoms with Gasteiger partial charge in [-0.1, -0.05) is 95.3 Å². The summed E-state index contributed by atoms with van der Waals surface area (Å²) < 4.78 is 12.6. The molecular weight excluding hydrogens is 526 g/mol. The van der Waals surface area contributed by atoms with E-state index in [9.17, 15) is 9.59 Å². The number of amides is 1. The molecule has 1 unspecified atom stereocenters. The van der Waals surface area contributed by atoms with Crippen LogP contribution in [-0.4, -0.2) is 51.4 Å². The quantitative estimate of drug-likeness (QED) is 0.328. The Kier molecular flexibility index (Phi) is 7.05. The van der Waals surface area contributed by atoms with Gasteiger partial charge in [0.15, 0.2) is 0 Å². The molecule has 0 spiro atoms. The fraction of sp³-hybridized carbons (Fsp3) is 0.600. The van der Waals surface area contributed by atoms with Gasteiger partial charge in [-0.05, 0) is 65.3 Å². The smallest absolute Gasteiger partial charge is 0.311 e. The summed E-state index contributed by atoms with van der Waals surface area (Å²) in [5, 5.41) is 2.44. The highest BCUT2D eigenvalue weighted by Gasteiger charge is 2.63. The zero-order chi connectivity index (χ0) is 29.2. The van der Waals surface area contributed by atoms with E-state index < -0.39 is 13.7 Å². The van der Waals surface area contributed by atoms with E-state index in [-0.39, 0.29) is 34.3 Å². The minimum absolute atomic E-state index is 0.0278. The van der Waals surface area contributed by atoms with Crippen LogP contribution < -0.4 is 10.4 Å². The molecule has 41 heavy (non-hydrogen) atoms. The van der Waals surface area contributed by atoms with E-state index in [0.29, 0.717) is 24.4 Å². The van der Waals surface area contributed by atoms with Gasteiger partial charge in [-0.2, -0.15) is 0 Å². The molecule has 4 bridgehead atoms. The van der Waals surface area contributed by atoms with Crippen molar-refractivity contribution in [2.45, 2.75) is 77.8 Å². The minimum atomic E-state index is -2.70. The Morgan fingerprint density at radius 2 is 1.46 bits per heavy atom. The molecule has 220 valence electrons. The van der Waals surface area contributed by atoms with Gasteiger partial charge in [0.05, 0.1) is 17.9 Å². The number of rotatable bonds is 7. The highest BCUT2D eigenvalue weighted by atomic mass is 28.4. The Balaban J connectivity index is 1.29. The number of carbonyl (C=O) groups excluding carboxylic acids is 2. The SMILES string of the molecule is COC(=O)C12CC3C[C@H](C1)C(N1CC(CO[Si](c4ccccc4)(c4ccccc4)C(C)(C)C)C(C)(C)C1=O)[C@H](C3)C2. The molecule has 4 saturated carbocycles. The predicted octanol–water partition coefficient (Wildman–Crippen LogP) is 5.42. The van der Waals surface area contributed by atoms with Gasteiger partial charge in [-0.15, -0.1) is 0 Å². The van der Waals surface area contributed by atoms with E-state index in [4.69, 9.17) is 9.16 Å². The third-order valence-corrected chi connectivity index (χ3v) is 16.4. The highest BCUT2D eigenvalue weighted by Crippen LogP contribution is 2.62. The molecule has 5 aliphatic rings. The Morgan fingerprint density at radius 3 is 1.95 bits per heavy atom. The second kappa shape index (κ2) is 10.1. The molecule has 7 rings (SSSR count). The van der Waals surface area contributed by atoms with Gasteiger partial charge in [0, 0.05) is 25.1 Å². The van der Waals surface area contributed by atoms with Crippen molar-refractivity contribution in [1.29, 1.82) is 0 Å². The summed E-state index contributed by atoms with van der Waals surface area (Å²) in [6.07, 6.45) is 4.96. The lowest BCUT2D eigenvalue weighted by molar-refractivity contribution is -0.177. The minimum Gasteiger partial charge on any atom is -0.469 e. The number of benzene rings is 2. The van der Waals surface area contributed by atoms with Gasteiger partial charge >= 0.3 is 5.97 Å². The molecule has 4 aliphatic carbocycles. The Hall–Kier alpha value is -2.44. The molecule has 5 fully saturated rings.